The Balaban J connectivity index is 2.20. The quantitative estimate of drug-likeness (QED) is 0.676. The van der Waals surface area contributed by atoms with Crippen LogP contribution in [0, 0.1) is 0 Å². The lowest BCUT2D eigenvalue weighted by atomic mass is 10.1. The maximum absolute atomic E-state index is 13.5. The van der Waals surface area contributed by atoms with Crippen LogP contribution in [0.25, 0.3) is 17.2 Å². The summed E-state index contributed by atoms with van der Waals surface area (Å²) in [6, 6.07) is 8.81. The highest BCUT2D eigenvalue weighted by Crippen LogP contribution is 2.39. The van der Waals surface area contributed by atoms with Crippen LogP contribution in [0.1, 0.15) is 12.5 Å². The molecule has 0 fully saturated rings. The summed E-state index contributed by atoms with van der Waals surface area (Å²) in [5, 5.41) is 0. The van der Waals surface area contributed by atoms with E-state index >= 15 is 0 Å². The van der Waals surface area contributed by atoms with E-state index in [1.165, 1.54) is 36.2 Å². The SMILES string of the molecule is CCOc1cccc(-c2nccn2-c2c(OC)cccc2C(F)(F)F)n1. The maximum Gasteiger partial charge on any atom is 0.418 e. The van der Waals surface area contributed by atoms with Crippen molar-refractivity contribution >= 4 is 0 Å². The first-order chi connectivity index (χ1) is 12.5. The number of methoxy groups -OCH3 is 1. The number of hydrogen-bond donors (Lipinski definition) is 0. The first-order valence-corrected chi connectivity index (χ1v) is 7.84. The minimum absolute atomic E-state index is 0.0834. The second kappa shape index (κ2) is 7.07. The number of ether oxygens (including phenoxy) is 2. The van der Waals surface area contributed by atoms with Crippen LogP contribution in [-0.4, -0.2) is 28.3 Å². The molecule has 0 saturated carbocycles. The van der Waals surface area contributed by atoms with Crippen LogP contribution in [0.4, 0.5) is 13.2 Å². The zero-order valence-corrected chi connectivity index (χ0v) is 14.1. The van der Waals surface area contributed by atoms with Gasteiger partial charge in [0.25, 0.3) is 0 Å². The van der Waals surface area contributed by atoms with E-state index in [2.05, 4.69) is 9.97 Å². The molecule has 2 aromatic heterocycles. The molecule has 0 aliphatic carbocycles. The van der Waals surface area contributed by atoms with Crippen LogP contribution in [0.15, 0.2) is 48.8 Å². The van der Waals surface area contributed by atoms with E-state index in [1.54, 1.807) is 18.2 Å². The summed E-state index contributed by atoms with van der Waals surface area (Å²) in [5.41, 5.74) is -0.573. The van der Waals surface area contributed by atoms with Crippen molar-refractivity contribution in [1.82, 2.24) is 14.5 Å². The summed E-state index contributed by atoms with van der Waals surface area (Å²) >= 11 is 0. The van der Waals surface area contributed by atoms with E-state index in [0.29, 0.717) is 18.2 Å². The molecule has 3 rings (SSSR count). The predicted molar refractivity (Wildman–Crippen MR) is 89.5 cm³/mol. The Hall–Kier alpha value is -3.03. The summed E-state index contributed by atoms with van der Waals surface area (Å²) in [7, 11) is 1.32. The zero-order chi connectivity index (χ0) is 18.7. The molecule has 0 radical (unpaired) electrons. The van der Waals surface area contributed by atoms with Crippen LogP contribution in [0.2, 0.25) is 0 Å². The number of alkyl halides is 3. The summed E-state index contributed by atoms with van der Waals surface area (Å²) in [4.78, 5) is 8.50. The Morgan fingerprint density at radius 3 is 2.58 bits per heavy atom. The molecule has 0 aliphatic heterocycles. The summed E-state index contributed by atoms with van der Waals surface area (Å²) < 4.78 is 52.4. The number of aromatic nitrogens is 3. The third-order valence-corrected chi connectivity index (χ3v) is 3.65. The van der Waals surface area contributed by atoms with Crippen molar-refractivity contribution in [3.63, 3.8) is 0 Å². The van der Waals surface area contributed by atoms with Gasteiger partial charge in [0.1, 0.15) is 17.1 Å². The molecule has 0 bridgehead atoms. The molecular weight excluding hydrogens is 347 g/mol. The summed E-state index contributed by atoms with van der Waals surface area (Å²) in [6.45, 7) is 2.25. The van der Waals surface area contributed by atoms with E-state index < -0.39 is 11.7 Å². The highest BCUT2D eigenvalue weighted by molar-refractivity contribution is 5.61. The lowest BCUT2D eigenvalue weighted by Gasteiger charge is -2.18. The summed E-state index contributed by atoms with van der Waals surface area (Å²) in [6.07, 6.45) is -1.69. The second-order valence-electron chi connectivity index (χ2n) is 5.27. The molecule has 1 aromatic carbocycles. The third kappa shape index (κ3) is 3.35. The first kappa shape index (κ1) is 17.8. The highest BCUT2D eigenvalue weighted by Gasteiger charge is 2.36. The number of rotatable bonds is 5. The molecule has 26 heavy (non-hydrogen) atoms. The van der Waals surface area contributed by atoms with Gasteiger partial charge in [-0.05, 0) is 25.1 Å². The van der Waals surface area contributed by atoms with E-state index in [4.69, 9.17) is 9.47 Å². The molecule has 0 amide bonds. The van der Waals surface area contributed by atoms with Gasteiger partial charge in [-0.1, -0.05) is 12.1 Å². The fraction of sp³-hybridized carbons (Fsp3) is 0.222. The van der Waals surface area contributed by atoms with Gasteiger partial charge < -0.3 is 9.47 Å². The molecule has 0 aliphatic rings. The smallest absolute Gasteiger partial charge is 0.418 e. The first-order valence-electron chi connectivity index (χ1n) is 7.84. The molecule has 2 heterocycles. The highest BCUT2D eigenvalue weighted by atomic mass is 19.4. The molecule has 5 nitrogen and oxygen atoms in total. The lowest BCUT2D eigenvalue weighted by molar-refractivity contribution is -0.137. The van der Waals surface area contributed by atoms with Crippen molar-refractivity contribution in [1.29, 1.82) is 0 Å². The standard InChI is InChI=1S/C18H16F3N3O2/c1-3-26-15-9-5-7-13(23-15)17-22-10-11-24(17)16-12(18(19,20)21)6-4-8-14(16)25-2/h4-11H,3H2,1-2H3. The molecule has 0 N–H and O–H groups in total. The van der Waals surface area contributed by atoms with Crippen molar-refractivity contribution < 1.29 is 22.6 Å². The van der Waals surface area contributed by atoms with Gasteiger partial charge in [-0.15, -0.1) is 0 Å². The average molecular weight is 363 g/mol. The average Bonchev–Trinajstić information content (AvgIpc) is 3.10. The number of hydrogen-bond acceptors (Lipinski definition) is 4. The molecule has 0 spiro atoms. The van der Waals surface area contributed by atoms with Crippen LogP contribution in [0.5, 0.6) is 11.6 Å². The van der Waals surface area contributed by atoms with Gasteiger partial charge in [0, 0.05) is 18.5 Å². The largest absolute Gasteiger partial charge is 0.495 e. The fourth-order valence-electron chi connectivity index (χ4n) is 2.61. The number of para-hydroxylation sites is 1. The minimum Gasteiger partial charge on any atom is -0.495 e. The van der Waals surface area contributed by atoms with Crippen LogP contribution >= 0.6 is 0 Å². The van der Waals surface area contributed by atoms with Crippen LogP contribution in [-0.2, 0) is 6.18 Å². The normalized spacial score (nSPS) is 11.4. The van der Waals surface area contributed by atoms with Gasteiger partial charge in [0.2, 0.25) is 5.88 Å². The van der Waals surface area contributed by atoms with E-state index in [9.17, 15) is 13.2 Å². The molecule has 0 atom stereocenters. The molecule has 0 saturated heterocycles. The van der Waals surface area contributed by atoms with Gasteiger partial charge in [0.05, 0.1) is 19.3 Å². The number of halogens is 3. The molecule has 3 aromatic rings. The fourth-order valence-corrected chi connectivity index (χ4v) is 2.61. The number of imidazole rings is 1. The number of pyridine rings is 1. The lowest BCUT2D eigenvalue weighted by Crippen LogP contribution is -2.12. The Labute approximate surface area is 148 Å². The minimum atomic E-state index is -4.55. The van der Waals surface area contributed by atoms with Crippen molar-refractivity contribution in [3.05, 3.63) is 54.4 Å². The second-order valence-corrected chi connectivity index (χ2v) is 5.27. The number of benzene rings is 1. The van der Waals surface area contributed by atoms with Crippen molar-refractivity contribution in [3.8, 4) is 28.8 Å². The third-order valence-electron chi connectivity index (χ3n) is 3.65. The predicted octanol–water partition coefficient (Wildman–Crippen LogP) is 4.36. The Morgan fingerprint density at radius 1 is 1.12 bits per heavy atom. The van der Waals surface area contributed by atoms with E-state index in [1.807, 2.05) is 6.92 Å². The number of nitrogens with zero attached hydrogens (tertiary/aromatic N) is 3. The van der Waals surface area contributed by atoms with Gasteiger partial charge >= 0.3 is 6.18 Å². The topological polar surface area (TPSA) is 49.2 Å². The Kier molecular flexibility index (Phi) is 4.83. The maximum atomic E-state index is 13.5. The molecule has 136 valence electrons. The van der Waals surface area contributed by atoms with Crippen LogP contribution < -0.4 is 9.47 Å². The van der Waals surface area contributed by atoms with Crippen molar-refractivity contribution in [2.45, 2.75) is 13.1 Å². The zero-order valence-electron chi connectivity index (χ0n) is 14.1. The Bertz CT molecular complexity index is 907. The van der Waals surface area contributed by atoms with Gasteiger partial charge in [-0.2, -0.15) is 13.2 Å². The molecule has 8 heteroatoms. The van der Waals surface area contributed by atoms with E-state index in [-0.39, 0.29) is 17.3 Å². The Morgan fingerprint density at radius 2 is 1.88 bits per heavy atom. The molecular formula is C18H16F3N3O2. The van der Waals surface area contributed by atoms with Crippen LogP contribution in [0.3, 0.4) is 0 Å². The van der Waals surface area contributed by atoms with Gasteiger partial charge in [0.15, 0.2) is 5.82 Å². The van der Waals surface area contributed by atoms with Gasteiger partial charge in [-0.3, -0.25) is 4.57 Å². The van der Waals surface area contributed by atoms with Crippen molar-refractivity contribution in [2.75, 3.05) is 13.7 Å². The van der Waals surface area contributed by atoms with Gasteiger partial charge in [-0.25, -0.2) is 9.97 Å². The van der Waals surface area contributed by atoms with Crippen molar-refractivity contribution in [2.24, 2.45) is 0 Å². The molecule has 0 unspecified atom stereocenters. The van der Waals surface area contributed by atoms with E-state index in [0.717, 1.165) is 6.07 Å². The summed E-state index contributed by atoms with van der Waals surface area (Å²) in [5.74, 6) is 0.706. The monoisotopic (exact) mass is 363 g/mol.